The van der Waals surface area contributed by atoms with E-state index in [9.17, 15) is 8.42 Å². The van der Waals surface area contributed by atoms with Crippen LogP contribution < -0.4 is 10.5 Å². The number of aryl methyl sites for hydroxylation is 1. The predicted octanol–water partition coefficient (Wildman–Crippen LogP) is 1.61. The third-order valence-corrected chi connectivity index (χ3v) is 4.84. The third-order valence-electron chi connectivity index (χ3n) is 2.27. The van der Waals surface area contributed by atoms with Gasteiger partial charge in [-0.2, -0.15) is 11.8 Å². The van der Waals surface area contributed by atoms with E-state index in [1.54, 1.807) is 30.8 Å². The molecule has 0 aliphatic carbocycles. The van der Waals surface area contributed by atoms with E-state index in [4.69, 9.17) is 5.73 Å². The average molecular weight is 274 g/mol. The van der Waals surface area contributed by atoms with Gasteiger partial charge in [-0.3, -0.25) is 0 Å². The lowest BCUT2D eigenvalue weighted by Crippen LogP contribution is -2.34. The second-order valence-electron chi connectivity index (χ2n) is 4.00. The first kappa shape index (κ1) is 14.3. The van der Waals surface area contributed by atoms with Gasteiger partial charge in [0, 0.05) is 17.5 Å². The molecule has 0 spiro atoms. The highest BCUT2D eigenvalue weighted by molar-refractivity contribution is 7.98. The van der Waals surface area contributed by atoms with Crippen LogP contribution in [-0.4, -0.2) is 26.5 Å². The summed E-state index contributed by atoms with van der Waals surface area (Å²) in [5, 5.41) is 0. The Morgan fingerprint density at radius 1 is 1.47 bits per heavy atom. The molecule has 1 aromatic carbocycles. The Hall–Kier alpha value is -0.720. The fourth-order valence-corrected chi connectivity index (χ4v) is 3.73. The van der Waals surface area contributed by atoms with Gasteiger partial charge in [0.2, 0.25) is 10.0 Å². The van der Waals surface area contributed by atoms with Crippen molar-refractivity contribution in [1.82, 2.24) is 4.72 Å². The molecule has 0 aliphatic rings. The molecule has 1 unspecified atom stereocenters. The maximum Gasteiger partial charge on any atom is 0.241 e. The van der Waals surface area contributed by atoms with Gasteiger partial charge in [0.25, 0.3) is 0 Å². The summed E-state index contributed by atoms with van der Waals surface area (Å²) in [5.41, 5.74) is 6.77. The molecular weight excluding hydrogens is 256 g/mol. The SMILES string of the molecule is CSCC(C)NS(=O)(=O)c1cc(N)ccc1C. The second-order valence-corrected chi connectivity index (χ2v) is 6.60. The molecule has 0 bridgehead atoms. The van der Waals surface area contributed by atoms with E-state index in [0.29, 0.717) is 11.3 Å². The summed E-state index contributed by atoms with van der Waals surface area (Å²) in [7, 11) is -3.48. The van der Waals surface area contributed by atoms with Crippen LogP contribution >= 0.6 is 11.8 Å². The number of thioether (sulfide) groups is 1. The molecule has 96 valence electrons. The standard InChI is InChI=1S/C11H18N2O2S2/c1-8-4-5-10(12)6-11(8)17(14,15)13-9(2)7-16-3/h4-6,9,13H,7,12H2,1-3H3. The molecule has 4 nitrogen and oxygen atoms in total. The third kappa shape index (κ3) is 3.90. The Morgan fingerprint density at radius 3 is 2.71 bits per heavy atom. The summed E-state index contributed by atoms with van der Waals surface area (Å²) in [6.07, 6.45) is 1.94. The average Bonchev–Trinajstić information content (AvgIpc) is 2.21. The number of sulfonamides is 1. The van der Waals surface area contributed by atoms with Gasteiger partial charge in [0.15, 0.2) is 0 Å². The van der Waals surface area contributed by atoms with Gasteiger partial charge in [0.1, 0.15) is 0 Å². The van der Waals surface area contributed by atoms with Crippen LogP contribution in [0.4, 0.5) is 5.69 Å². The number of anilines is 1. The number of rotatable bonds is 5. The van der Waals surface area contributed by atoms with Crippen LogP contribution in [-0.2, 0) is 10.0 Å². The van der Waals surface area contributed by atoms with Crippen molar-refractivity contribution < 1.29 is 8.42 Å². The van der Waals surface area contributed by atoms with E-state index in [-0.39, 0.29) is 10.9 Å². The molecule has 0 fully saturated rings. The smallest absolute Gasteiger partial charge is 0.241 e. The van der Waals surface area contributed by atoms with Crippen LogP contribution in [0.3, 0.4) is 0 Å². The van der Waals surface area contributed by atoms with Crippen molar-refractivity contribution in [1.29, 1.82) is 0 Å². The van der Waals surface area contributed by atoms with Crippen LogP contribution in [0.25, 0.3) is 0 Å². The zero-order valence-electron chi connectivity index (χ0n) is 10.2. The summed E-state index contributed by atoms with van der Waals surface area (Å²) < 4.78 is 26.9. The Kier molecular flexibility index (Phi) is 4.85. The summed E-state index contributed by atoms with van der Waals surface area (Å²) >= 11 is 1.60. The van der Waals surface area contributed by atoms with Gasteiger partial charge in [-0.25, -0.2) is 13.1 Å². The first-order chi connectivity index (χ1) is 7.86. The van der Waals surface area contributed by atoms with E-state index in [1.807, 2.05) is 13.2 Å². The highest BCUT2D eigenvalue weighted by Gasteiger charge is 2.19. The lowest BCUT2D eigenvalue weighted by Gasteiger charge is -2.14. The van der Waals surface area contributed by atoms with Crippen molar-refractivity contribution in [3.8, 4) is 0 Å². The van der Waals surface area contributed by atoms with E-state index in [1.165, 1.54) is 6.07 Å². The van der Waals surface area contributed by atoms with E-state index < -0.39 is 10.0 Å². The van der Waals surface area contributed by atoms with Crippen molar-refractivity contribution >= 4 is 27.5 Å². The van der Waals surface area contributed by atoms with E-state index in [2.05, 4.69) is 4.72 Å². The van der Waals surface area contributed by atoms with Crippen LogP contribution in [0.1, 0.15) is 12.5 Å². The number of hydrogen-bond acceptors (Lipinski definition) is 4. The Morgan fingerprint density at radius 2 is 2.12 bits per heavy atom. The number of nitrogens with two attached hydrogens (primary N) is 1. The van der Waals surface area contributed by atoms with Crippen molar-refractivity contribution in [2.45, 2.75) is 24.8 Å². The molecule has 17 heavy (non-hydrogen) atoms. The topological polar surface area (TPSA) is 72.2 Å². The first-order valence-corrected chi connectivity index (χ1v) is 8.12. The van der Waals surface area contributed by atoms with Gasteiger partial charge in [-0.15, -0.1) is 0 Å². The van der Waals surface area contributed by atoms with Crippen LogP contribution in [0.5, 0.6) is 0 Å². The zero-order chi connectivity index (χ0) is 13.1. The molecule has 3 N–H and O–H groups in total. The molecule has 0 saturated heterocycles. The molecule has 0 radical (unpaired) electrons. The molecule has 1 rings (SSSR count). The fraction of sp³-hybridized carbons (Fsp3) is 0.455. The predicted molar refractivity (Wildman–Crippen MR) is 73.8 cm³/mol. The van der Waals surface area contributed by atoms with Gasteiger partial charge < -0.3 is 5.73 Å². The Bertz CT molecular complexity index is 486. The van der Waals surface area contributed by atoms with Gasteiger partial charge in [-0.05, 0) is 37.8 Å². The normalized spacial score (nSPS) is 13.6. The molecule has 1 atom stereocenters. The lowest BCUT2D eigenvalue weighted by atomic mass is 10.2. The van der Waals surface area contributed by atoms with E-state index in [0.717, 1.165) is 5.75 Å². The monoisotopic (exact) mass is 274 g/mol. The van der Waals surface area contributed by atoms with Crippen LogP contribution in [0, 0.1) is 6.92 Å². The lowest BCUT2D eigenvalue weighted by molar-refractivity contribution is 0.570. The number of hydrogen-bond donors (Lipinski definition) is 2. The zero-order valence-corrected chi connectivity index (χ0v) is 11.9. The molecule has 6 heteroatoms. The van der Waals surface area contributed by atoms with Crippen molar-refractivity contribution in [3.63, 3.8) is 0 Å². The molecule has 0 aromatic heterocycles. The number of nitrogen functional groups attached to an aromatic ring is 1. The first-order valence-electron chi connectivity index (χ1n) is 5.24. The van der Waals surface area contributed by atoms with Gasteiger partial charge in [-0.1, -0.05) is 6.07 Å². The highest BCUT2D eigenvalue weighted by atomic mass is 32.2. The highest BCUT2D eigenvalue weighted by Crippen LogP contribution is 2.18. The van der Waals surface area contributed by atoms with E-state index >= 15 is 0 Å². The molecule has 1 aromatic rings. The molecular formula is C11H18N2O2S2. The minimum atomic E-state index is -3.48. The second kappa shape index (κ2) is 5.75. The van der Waals surface area contributed by atoms with Crippen molar-refractivity contribution in [3.05, 3.63) is 23.8 Å². The summed E-state index contributed by atoms with van der Waals surface area (Å²) in [4.78, 5) is 0.255. The van der Waals surface area contributed by atoms with Crippen molar-refractivity contribution in [2.75, 3.05) is 17.7 Å². The minimum Gasteiger partial charge on any atom is -0.399 e. The van der Waals surface area contributed by atoms with Crippen molar-refractivity contribution in [2.24, 2.45) is 0 Å². The molecule has 0 heterocycles. The molecule has 0 aliphatic heterocycles. The number of benzene rings is 1. The summed E-state index contributed by atoms with van der Waals surface area (Å²) in [6.45, 7) is 3.60. The summed E-state index contributed by atoms with van der Waals surface area (Å²) in [6, 6.07) is 4.79. The summed E-state index contributed by atoms with van der Waals surface area (Å²) in [5.74, 6) is 0.737. The molecule has 0 amide bonds. The molecule has 0 saturated carbocycles. The quantitative estimate of drug-likeness (QED) is 0.800. The van der Waals surface area contributed by atoms with Crippen LogP contribution in [0.15, 0.2) is 23.1 Å². The fourth-order valence-electron chi connectivity index (χ4n) is 1.52. The Balaban J connectivity index is 3.01. The van der Waals surface area contributed by atoms with Gasteiger partial charge >= 0.3 is 0 Å². The van der Waals surface area contributed by atoms with Crippen LogP contribution in [0.2, 0.25) is 0 Å². The maximum absolute atomic E-state index is 12.1. The van der Waals surface area contributed by atoms with Gasteiger partial charge in [0.05, 0.1) is 4.90 Å². The largest absolute Gasteiger partial charge is 0.399 e. The maximum atomic E-state index is 12.1. The Labute approximate surface area is 107 Å². The number of nitrogens with one attached hydrogen (secondary N) is 1. The minimum absolute atomic E-state index is 0.101.